The summed E-state index contributed by atoms with van der Waals surface area (Å²) in [5.74, 6) is 0.702. The van der Waals surface area contributed by atoms with E-state index in [1.165, 1.54) is 0 Å². The molecule has 122 valence electrons. The largest absolute Gasteiger partial charge is 0.473 e. The average Bonchev–Trinajstić information content (AvgIpc) is 2.57. The SMILES string of the molecule is Cc1ccc(OCNC(=O)N(CCO)Cc2ccccc2)cc1. The first kappa shape index (κ1) is 16.8. The van der Waals surface area contributed by atoms with E-state index in [1.807, 2.05) is 61.5 Å². The number of aryl methyl sites for hydroxylation is 1. The average molecular weight is 314 g/mol. The first-order valence-electron chi connectivity index (χ1n) is 7.56. The summed E-state index contributed by atoms with van der Waals surface area (Å²) >= 11 is 0. The molecule has 5 heteroatoms. The van der Waals surface area contributed by atoms with Crippen LogP contribution in [0, 0.1) is 6.92 Å². The molecule has 0 aliphatic carbocycles. The molecule has 2 aromatic rings. The Bertz CT molecular complexity index is 599. The highest BCUT2D eigenvalue weighted by Gasteiger charge is 2.13. The van der Waals surface area contributed by atoms with Crippen molar-refractivity contribution in [3.05, 3.63) is 65.7 Å². The fraction of sp³-hybridized carbons (Fsp3) is 0.278. The highest BCUT2D eigenvalue weighted by Crippen LogP contribution is 2.10. The molecule has 0 aliphatic rings. The van der Waals surface area contributed by atoms with Gasteiger partial charge in [0.2, 0.25) is 0 Å². The van der Waals surface area contributed by atoms with Crippen LogP contribution in [-0.4, -0.2) is 35.9 Å². The Hall–Kier alpha value is -2.53. The number of rotatable bonds is 7. The maximum atomic E-state index is 12.2. The van der Waals surface area contributed by atoms with Gasteiger partial charge in [0, 0.05) is 13.1 Å². The van der Waals surface area contributed by atoms with Gasteiger partial charge in [-0.15, -0.1) is 0 Å². The molecule has 0 fully saturated rings. The van der Waals surface area contributed by atoms with Gasteiger partial charge in [0.05, 0.1) is 6.61 Å². The third-order valence-electron chi connectivity index (χ3n) is 3.36. The van der Waals surface area contributed by atoms with Crippen LogP contribution in [0.4, 0.5) is 4.79 Å². The highest BCUT2D eigenvalue weighted by molar-refractivity contribution is 5.74. The molecule has 0 saturated heterocycles. The van der Waals surface area contributed by atoms with E-state index >= 15 is 0 Å². The zero-order valence-electron chi connectivity index (χ0n) is 13.2. The Labute approximate surface area is 136 Å². The molecular formula is C18H22N2O3. The van der Waals surface area contributed by atoms with Crippen molar-refractivity contribution in [1.29, 1.82) is 0 Å². The highest BCUT2D eigenvalue weighted by atomic mass is 16.5. The summed E-state index contributed by atoms with van der Waals surface area (Å²) in [6.07, 6.45) is 0. The van der Waals surface area contributed by atoms with Crippen LogP contribution in [0.2, 0.25) is 0 Å². The van der Waals surface area contributed by atoms with Gasteiger partial charge in [0.25, 0.3) is 0 Å². The molecule has 0 atom stereocenters. The third-order valence-corrected chi connectivity index (χ3v) is 3.36. The predicted molar refractivity (Wildman–Crippen MR) is 89.1 cm³/mol. The molecule has 0 aliphatic heterocycles. The van der Waals surface area contributed by atoms with Crippen LogP contribution in [0.25, 0.3) is 0 Å². The van der Waals surface area contributed by atoms with Crippen molar-refractivity contribution >= 4 is 6.03 Å². The van der Waals surface area contributed by atoms with Crippen molar-refractivity contribution in [2.75, 3.05) is 19.9 Å². The maximum Gasteiger partial charge on any atom is 0.320 e. The lowest BCUT2D eigenvalue weighted by molar-refractivity contribution is 0.164. The van der Waals surface area contributed by atoms with Gasteiger partial charge >= 0.3 is 6.03 Å². The molecule has 0 spiro atoms. The van der Waals surface area contributed by atoms with Crippen LogP contribution in [0.15, 0.2) is 54.6 Å². The van der Waals surface area contributed by atoms with Gasteiger partial charge in [-0.3, -0.25) is 0 Å². The van der Waals surface area contributed by atoms with Gasteiger partial charge in [0.15, 0.2) is 6.73 Å². The number of benzene rings is 2. The third kappa shape index (κ3) is 5.64. The molecule has 5 nitrogen and oxygen atoms in total. The molecule has 0 heterocycles. The van der Waals surface area contributed by atoms with Crippen molar-refractivity contribution in [3.63, 3.8) is 0 Å². The molecule has 2 rings (SSSR count). The monoisotopic (exact) mass is 314 g/mol. The summed E-state index contributed by atoms with van der Waals surface area (Å²) in [5.41, 5.74) is 2.16. The lowest BCUT2D eigenvalue weighted by atomic mass is 10.2. The number of carbonyl (C=O) groups excluding carboxylic acids is 1. The van der Waals surface area contributed by atoms with Crippen molar-refractivity contribution in [3.8, 4) is 5.75 Å². The van der Waals surface area contributed by atoms with Gasteiger partial charge in [-0.05, 0) is 24.6 Å². The number of carbonyl (C=O) groups is 1. The fourth-order valence-electron chi connectivity index (χ4n) is 2.10. The maximum absolute atomic E-state index is 12.2. The van der Waals surface area contributed by atoms with Crippen LogP contribution < -0.4 is 10.1 Å². The molecule has 0 radical (unpaired) electrons. The van der Waals surface area contributed by atoms with E-state index < -0.39 is 0 Å². The van der Waals surface area contributed by atoms with Crippen LogP contribution in [-0.2, 0) is 6.54 Å². The van der Waals surface area contributed by atoms with E-state index in [4.69, 9.17) is 9.84 Å². The molecule has 0 bridgehead atoms. The topological polar surface area (TPSA) is 61.8 Å². The van der Waals surface area contributed by atoms with Gasteiger partial charge < -0.3 is 20.1 Å². The van der Waals surface area contributed by atoms with Gasteiger partial charge in [-0.1, -0.05) is 48.0 Å². The standard InChI is InChI=1S/C18H22N2O3/c1-15-7-9-17(10-8-15)23-14-19-18(22)20(11-12-21)13-16-5-3-2-4-6-16/h2-10,21H,11-14H2,1H3,(H,19,22). The van der Waals surface area contributed by atoms with E-state index in [1.54, 1.807) is 4.90 Å². The number of nitrogens with one attached hydrogen (secondary N) is 1. The number of hydrogen-bond donors (Lipinski definition) is 2. The Morgan fingerprint density at radius 1 is 1.13 bits per heavy atom. The first-order valence-corrected chi connectivity index (χ1v) is 7.56. The number of urea groups is 1. The second-order valence-electron chi connectivity index (χ2n) is 5.21. The van der Waals surface area contributed by atoms with Crippen molar-refractivity contribution in [1.82, 2.24) is 10.2 Å². The van der Waals surface area contributed by atoms with E-state index in [0.717, 1.165) is 11.1 Å². The van der Waals surface area contributed by atoms with E-state index in [0.29, 0.717) is 12.3 Å². The minimum Gasteiger partial charge on any atom is -0.473 e. The van der Waals surface area contributed by atoms with E-state index in [-0.39, 0.29) is 25.9 Å². The molecule has 0 aromatic heterocycles. The molecule has 0 saturated carbocycles. The summed E-state index contributed by atoms with van der Waals surface area (Å²) in [5, 5.41) is 11.8. The quantitative estimate of drug-likeness (QED) is 0.772. The molecule has 2 N–H and O–H groups in total. The molecule has 2 amide bonds. The summed E-state index contributed by atoms with van der Waals surface area (Å²) in [6, 6.07) is 17.0. The Kier molecular flexibility index (Phi) is 6.44. The summed E-state index contributed by atoms with van der Waals surface area (Å²) in [6.45, 7) is 2.71. The van der Waals surface area contributed by atoms with Crippen molar-refractivity contribution in [2.24, 2.45) is 0 Å². The van der Waals surface area contributed by atoms with Crippen LogP contribution in [0.3, 0.4) is 0 Å². The lowest BCUT2D eigenvalue weighted by Crippen LogP contribution is -2.42. The minimum absolute atomic E-state index is 0.0820. The Morgan fingerprint density at radius 2 is 1.83 bits per heavy atom. The number of aliphatic hydroxyl groups excluding tert-OH is 1. The summed E-state index contributed by atoms with van der Waals surface area (Å²) in [7, 11) is 0. The van der Waals surface area contributed by atoms with Crippen molar-refractivity contribution < 1.29 is 14.6 Å². The smallest absolute Gasteiger partial charge is 0.320 e. The van der Waals surface area contributed by atoms with E-state index in [2.05, 4.69) is 5.32 Å². The number of nitrogens with zero attached hydrogens (tertiary/aromatic N) is 1. The number of amides is 2. The molecule has 23 heavy (non-hydrogen) atoms. The van der Waals surface area contributed by atoms with Gasteiger partial charge in [-0.25, -0.2) is 4.79 Å². The van der Waals surface area contributed by atoms with Gasteiger partial charge in [-0.2, -0.15) is 0 Å². The molecule has 0 unspecified atom stereocenters. The second-order valence-corrected chi connectivity index (χ2v) is 5.21. The molecule has 2 aromatic carbocycles. The number of hydrogen-bond acceptors (Lipinski definition) is 3. The fourth-order valence-corrected chi connectivity index (χ4v) is 2.10. The number of aliphatic hydroxyl groups is 1. The second kappa shape index (κ2) is 8.80. The predicted octanol–water partition coefficient (Wildman–Crippen LogP) is 2.54. The normalized spacial score (nSPS) is 10.2. The van der Waals surface area contributed by atoms with E-state index in [9.17, 15) is 4.79 Å². The lowest BCUT2D eigenvalue weighted by Gasteiger charge is -2.22. The summed E-state index contributed by atoms with van der Waals surface area (Å²) < 4.78 is 5.49. The van der Waals surface area contributed by atoms with Crippen LogP contribution in [0.1, 0.15) is 11.1 Å². The van der Waals surface area contributed by atoms with Crippen LogP contribution in [0.5, 0.6) is 5.75 Å². The van der Waals surface area contributed by atoms with Crippen LogP contribution >= 0.6 is 0 Å². The Balaban J connectivity index is 1.84. The zero-order valence-corrected chi connectivity index (χ0v) is 13.2. The summed E-state index contributed by atoms with van der Waals surface area (Å²) in [4.78, 5) is 13.8. The zero-order chi connectivity index (χ0) is 16.5. The first-order chi connectivity index (χ1) is 11.2. The number of ether oxygens (including phenoxy) is 1. The minimum atomic E-state index is -0.269. The van der Waals surface area contributed by atoms with Crippen molar-refractivity contribution in [2.45, 2.75) is 13.5 Å². The Morgan fingerprint density at radius 3 is 2.48 bits per heavy atom. The molecular weight excluding hydrogens is 292 g/mol. The van der Waals surface area contributed by atoms with Gasteiger partial charge in [0.1, 0.15) is 5.75 Å².